The van der Waals surface area contributed by atoms with E-state index in [9.17, 15) is 19.6 Å². The van der Waals surface area contributed by atoms with Gasteiger partial charge in [-0.1, -0.05) is 30.3 Å². The molecule has 0 saturated carbocycles. The predicted molar refractivity (Wildman–Crippen MR) is 163 cm³/mol. The number of carbonyl (C=O) groups excluding carboxylic acids is 2. The lowest BCUT2D eigenvalue weighted by Crippen LogP contribution is -2.33. The zero-order valence-corrected chi connectivity index (χ0v) is 26.0. The number of nitrogens with one attached hydrogen (secondary N) is 2. The van der Waals surface area contributed by atoms with Crippen molar-refractivity contribution in [3.63, 3.8) is 0 Å². The Labute approximate surface area is 260 Å². The first-order valence-electron chi connectivity index (χ1n) is 14.3. The first kappa shape index (κ1) is 32.5. The van der Waals surface area contributed by atoms with E-state index in [2.05, 4.69) is 31.9 Å². The summed E-state index contributed by atoms with van der Waals surface area (Å²) in [5, 5.41) is 23.4. The number of methoxy groups -OCH3 is 1. The van der Waals surface area contributed by atoms with E-state index in [1.807, 2.05) is 25.3 Å². The van der Waals surface area contributed by atoms with Crippen molar-refractivity contribution in [1.82, 2.24) is 29.8 Å². The molecule has 0 fully saturated rings. The minimum atomic E-state index is -0.678. The molecule has 3 aromatic heterocycles. The number of hydrogen-bond acceptors (Lipinski definition) is 10. The number of aromatic nitrogens is 5. The third kappa shape index (κ3) is 7.74. The lowest BCUT2D eigenvalue weighted by Gasteiger charge is -2.26. The standard InChI is InChI=1S/C31H36N8O6/c1-19(27-37-25(26(43-6)29(41)38(27)5)28(40)36-22-16-35-44-18-22)24(23-11-8-7-10-20(23)14-32)21-15-34-39(17-21)13-9-12-33-30(42)45-31(2,3)4/h7-8,10-11,15-19,24H,9,12-13H2,1-6H3,(H,33,42)(H,36,40). The van der Waals surface area contributed by atoms with Crippen molar-refractivity contribution in [2.45, 2.75) is 58.1 Å². The average molecular weight is 617 g/mol. The quantitative estimate of drug-likeness (QED) is 0.234. The van der Waals surface area contributed by atoms with E-state index < -0.39 is 35.0 Å². The summed E-state index contributed by atoms with van der Waals surface area (Å²) in [5.74, 6) is -1.60. The van der Waals surface area contributed by atoms with Crippen LogP contribution < -0.4 is 20.9 Å². The summed E-state index contributed by atoms with van der Waals surface area (Å²) in [6.45, 7) is 8.16. The zero-order chi connectivity index (χ0) is 32.7. The van der Waals surface area contributed by atoms with E-state index in [0.717, 1.165) is 5.56 Å². The molecule has 236 valence electrons. The van der Waals surface area contributed by atoms with Crippen LogP contribution in [0.5, 0.6) is 5.75 Å². The van der Waals surface area contributed by atoms with Crippen LogP contribution >= 0.6 is 0 Å². The number of aryl methyl sites for hydroxylation is 1. The monoisotopic (exact) mass is 616 g/mol. The molecular weight excluding hydrogens is 580 g/mol. The first-order valence-corrected chi connectivity index (χ1v) is 14.3. The fourth-order valence-electron chi connectivity index (χ4n) is 4.96. The molecule has 45 heavy (non-hydrogen) atoms. The highest BCUT2D eigenvalue weighted by atomic mass is 16.6. The van der Waals surface area contributed by atoms with Gasteiger partial charge in [-0.15, -0.1) is 0 Å². The number of nitriles is 1. The Hall–Kier alpha value is -5.45. The summed E-state index contributed by atoms with van der Waals surface area (Å²) >= 11 is 0. The molecule has 1 aromatic carbocycles. The Kier molecular flexibility index (Phi) is 10.0. The number of ether oxygens (including phenoxy) is 2. The van der Waals surface area contributed by atoms with Crippen molar-refractivity contribution in [1.29, 1.82) is 5.26 Å². The summed E-state index contributed by atoms with van der Waals surface area (Å²) in [4.78, 5) is 43.3. The molecule has 4 rings (SSSR count). The van der Waals surface area contributed by atoms with Gasteiger partial charge in [0.05, 0.1) is 31.1 Å². The van der Waals surface area contributed by atoms with E-state index in [0.29, 0.717) is 36.5 Å². The Morgan fingerprint density at radius 2 is 1.96 bits per heavy atom. The number of nitrogens with zero attached hydrogens (tertiary/aromatic N) is 6. The van der Waals surface area contributed by atoms with Crippen molar-refractivity contribution >= 4 is 17.7 Å². The van der Waals surface area contributed by atoms with Crippen molar-refractivity contribution in [3.8, 4) is 11.8 Å². The lowest BCUT2D eigenvalue weighted by molar-refractivity contribution is 0.0526. The Morgan fingerprint density at radius 3 is 2.62 bits per heavy atom. The van der Waals surface area contributed by atoms with Gasteiger partial charge in [0.1, 0.15) is 23.4 Å². The van der Waals surface area contributed by atoms with Crippen molar-refractivity contribution < 1.29 is 23.6 Å². The molecular formula is C31H36N8O6. The van der Waals surface area contributed by atoms with Crippen LogP contribution in [0.4, 0.5) is 10.5 Å². The molecule has 2 unspecified atom stereocenters. The van der Waals surface area contributed by atoms with Gasteiger partial charge in [0, 0.05) is 38.2 Å². The van der Waals surface area contributed by atoms with Gasteiger partial charge in [0.15, 0.2) is 5.69 Å². The SMILES string of the molecule is COc1c(C(=O)Nc2cnoc2)nc(C(C)C(c2cnn(CCCNC(=O)OC(C)(C)C)c2)c2ccccc2C#N)n(C)c1=O. The third-order valence-electron chi connectivity index (χ3n) is 6.96. The highest BCUT2D eigenvalue weighted by Gasteiger charge is 2.32. The minimum absolute atomic E-state index is 0.204. The van der Waals surface area contributed by atoms with Gasteiger partial charge in [-0.3, -0.25) is 18.8 Å². The van der Waals surface area contributed by atoms with Gasteiger partial charge >= 0.3 is 6.09 Å². The van der Waals surface area contributed by atoms with Gasteiger partial charge in [-0.25, -0.2) is 9.78 Å². The van der Waals surface area contributed by atoms with Crippen LogP contribution in [0.1, 0.15) is 79.0 Å². The molecule has 3 heterocycles. The van der Waals surface area contributed by atoms with Gasteiger partial charge in [0.2, 0.25) is 5.75 Å². The van der Waals surface area contributed by atoms with Gasteiger partial charge < -0.3 is 24.6 Å². The van der Waals surface area contributed by atoms with Crippen LogP contribution in [-0.4, -0.2) is 55.7 Å². The second-order valence-electron chi connectivity index (χ2n) is 11.4. The normalized spacial score (nSPS) is 12.6. The number of hydrogen-bond donors (Lipinski definition) is 2. The van der Waals surface area contributed by atoms with E-state index in [1.165, 1.54) is 24.1 Å². The van der Waals surface area contributed by atoms with Gasteiger partial charge in [0.25, 0.3) is 11.5 Å². The van der Waals surface area contributed by atoms with Crippen molar-refractivity contribution in [2.75, 3.05) is 19.0 Å². The maximum atomic E-state index is 13.4. The third-order valence-corrected chi connectivity index (χ3v) is 6.96. The Morgan fingerprint density at radius 1 is 1.20 bits per heavy atom. The predicted octanol–water partition coefficient (Wildman–Crippen LogP) is 3.95. The maximum absolute atomic E-state index is 13.4. The second kappa shape index (κ2) is 13.9. The summed E-state index contributed by atoms with van der Waals surface area (Å²) in [6, 6.07) is 9.44. The van der Waals surface area contributed by atoms with Crippen molar-refractivity contribution in [2.24, 2.45) is 7.05 Å². The lowest BCUT2D eigenvalue weighted by atomic mass is 9.80. The number of rotatable bonds is 11. The average Bonchev–Trinajstić information content (AvgIpc) is 3.68. The number of carbonyl (C=O) groups is 2. The van der Waals surface area contributed by atoms with Crippen LogP contribution in [0.25, 0.3) is 0 Å². The Bertz CT molecular complexity index is 1750. The maximum Gasteiger partial charge on any atom is 0.407 e. The summed E-state index contributed by atoms with van der Waals surface area (Å²) in [6.07, 6.45) is 6.23. The van der Waals surface area contributed by atoms with Crippen LogP contribution in [0.3, 0.4) is 0 Å². The number of anilines is 1. The van der Waals surface area contributed by atoms with Gasteiger partial charge in [-0.05, 0) is 44.4 Å². The Balaban J connectivity index is 1.67. The number of benzene rings is 1. The molecule has 0 aliphatic heterocycles. The fourth-order valence-corrected chi connectivity index (χ4v) is 4.96. The van der Waals surface area contributed by atoms with Crippen LogP contribution in [0, 0.1) is 11.3 Å². The minimum Gasteiger partial charge on any atom is -0.489 e. The van der Waals surface area contributed by atoms with E-state index in [-0.39, 0.29) is 17.1 Å². The van der Waals surface area contributed by atoms with E-state index in [4.69, 9.17) is 14.0 Å². The second-order valence-corrected chi connectivity index (χ2v) is 11.4. The molecule has 4 aromatic rings. The largest absolute Gasteiger partial charge is 0.489 e. The molecule has 2 amide bonds. The van der Waals surface area contributed by atoms with Crippen LogP contribution in [-0.2, 0) is 18.3 Å². The topological polar surface area (TPSA) is 179 Å². The van der Waals surface area contributed by atoms with Crippen LogP contribution in [0.15, 0.2) is 58.4 Å². The summed E-state index contributed by atoms with van der Waals surface area (Å²) in [5.41, 5.74) is 0.872. The molecule has 0 aliphatic carbocycles. The van der Waals surface area contributed by atoms with E-state index in [1.54, 1.807) is 50.8 Å². The van der Waals surface area contributed by atoms with Crippen molar-refractivity contribution in [3.05, 3.63) is 87.7 Å². The molecule has 0 aliphatic rings. The molecule has 0 saturated heterocycles. The molecule has 2 N–H and O–H groups in total. The summed E-state index contributed by atoms with van der Waals surface area (Å²) in [7, 11) is 2.85. The molecule has 2 atom stereocenters. The van der Waals surface area contributed by atoms with Crippen LogP contribution in [0.2, 0.25) is 0 Å². The molecule has 0 bridgehead atoms. The van der Waals surface area contributed by atoms with Gasteiger partial charge in [-0.2, -0.15) is 10.4 Å². The molecule has 14 nitrogen and oxygen atoms in total. The van der Waals surface area contributed by atoms with E-state index >= 15 is 0 Å². The smallest absolute Gasteiger partial charge is 0.407 e. The molecule has 0 radical (unpaired) electrons. The molecule has 14 heteroatoms. The fraction of sp³-hybridized carbons (Fsp3) is 0.387. The highest BCUT2D eigenvalue weighted by molar-refractivity contribution is 6.04. The number of amides is 2. The first-order chi connectivity index (χ1) is 21.4. The number of alkyl carbamates (subject to hydrolysis) is 1. The highest BCUT2D eigenvalue weighted by Crippen LogP contribution is 2.39. The zero-order valence-electron chi connectivity index (χ0n) is 26.0. The summed E-state index contributed by atoms with van der Waals surface area (Å²) < 4.78 is 18.5. The molecule has 0 spiro atoms.